The number of fused-ring (bicyclic) bond motifs is 1. The number of carbonyl (C=O) groups excluding carboxylic acids is 2. The summed E-state index contributed by atoms with van der Waals surface area (Å²) in [5, 5.41) is 0. The number of benzene rings is 2. The summed E-state index contributed by atoms with van der Waals surface area (Å²) < 4.78 is 37.8. The Morgan fingerprint density at radius 1 is 0.906 bits per heavy atom. The molecule has 9 nitrogen and oxygen atoms in total. The van der Waals surface area contributed by atoms with E-state index in [0.717, 1.165) is 31.2 Å². The van der Waals surface area contributed by atoms with Gasteiger partial charge in [-0.3, -0.25) is 20.4 Å². The monoisotopic (exact) mass is 461 g/mol. The van der Waals surface area contributed by atoms with Gasteiger partial charge in [0.15, 0.2) is 11.5 Å². The highest BCUT2D eigenvalue weighted by molar-refractivity contribution is 7.89. The van der Waals surface area contributed by atoms with Gasteiger partial charge in [0.1, 0.15) is 0 Å². The summed E-state index contributed by atoms with van der Waals surface area (Å²) in [6.07, 6.45) is 3.88. The number of hydrogen-bond acceptors (Lipinski definition) is 6. The predicted octanol–water partition coefficient (Wildman–Crippen LogP) is 1.71. The number of aryl methyl sites for hydroxylation is 2. The van der Waals surface area contributed by atoms with Crippen molar-refractivity contribution in [2.75, 3.05) is 20.8 Å². The Morgan fingerprint density at radius 3 is 2.34 bits per heavy atom. The van der Waals surface area contributed by atoms with Gasteiger partial charge in [-0.1, -0.05) is 6.07 Å². The molecule has 2 amide bonds. The van der Waals surface area contributed by atoms with Crippen LogP contribution in [-0.4, -0.2) is 41.0 Å². The highest BCUT2D eigenvalue weighted by atomic mass is 32.2. The van der Waals surface area contributed by atoms with Crippen LogP contribution in [-0.2, 0) is 27.7 Å². The molecular weight excluding hydrogens is 434 g/mol. The van der Waals surface area contributed by atoms with E-state index in [0.29, 0.717) is 11.5 Å². The first-order chi connectivity index (χ1) is 15.3. The number of hydrazine groups is 1. The minimum Gasteiger partial charge on any atom is -0.493 e. The molecule has 0 aliphatic heterocycles. The Balaban J connectivity index is 1.48. The number of hydrogen-bond donors (Lipinski definition) is 3. The summed E-state index contributed by atoms with van der Waals surface area (Å²) in [6.45, 7) is -0.0997. The lowest BCUT2D eigenvalue weighted by Gasteiger charge is -2.16. The smallest absolute Gasteiger partial charge is 0.269 e. The van der Waals surface area contributed by atoms with Crippen molar-refractivity contribution in [1.82, 2.24) is 15.6 Å². The van der Waals surface area contributed by atoms with Gasteiger partial charge in [-0.05, 0) is 67.1 Å². The standard InChI is InChI=1S/C22H27N3O6S/c1-30-19-10-8-17(14-20(19)31-2)22(27)25-24-21(26)11-12-23-32(28,29)18-9-7-15-5-3-4-6-16(15)13-18/h7-10,13-14,23H,3-6,11-12H2,1-2H3,(H,24,26)(H,25,27). The van der Waals surface area contributed by atoms with Crippen molar-refractivity contribution >= 4 is 21.8 Å². The second kappa shape index (κ2) is 10.5. The molecular formula is C22H27N3O6S. The SMILES string of the molecule is COc1ccc(C(=O)NNC(=O)CCNS(=O)(=O)c2ccc3c(c2)CCCC3)cc1OC. The summed E-state index contributed by atoms with van der Waals surface area (Å²) in [7, 11) is -0.786. The second-order valence-electron chi connectivity index (χ2n) is 7.36. The fourth-order valence-corrected chi connectivity index (χ4v) is 4.58. The lowest BCUT2D eigenvalue weighted by atomic mass is 9.92. The van der Waals surface area contributed by atoms with Crippen molar-refractivity contribution in [3.63, 3.8) is 0 Å². The van der Waals surface area contributed by atoms with Crippen LogP contribution in [0.15, 0.2) is 41.3 Å². The van der Waals surface area contributed by atoms with E-state index in [1.165, 1.54) is 31.9 Å². The third-order valence-electron chi connectivity index (χ3n) is 5.24. The Labute approximate surface area is 187 Å². The molecule has 3 N–H and O–H groups in total. The minimum atomic E-state index is -3.72. The molecule has 0 aromatic heterocycles. The summed E-state index contributed by atoms with van der Waals surface area (Å²) in [5.74, 6) is -0.233. The van der Waals surface area contributed by atoms with Gasteiger partial charge in [-0.15, -0.1) is 0 Å². The Morgan fingerprint density at radius 2 is 1.62 bits per heavy atom. The van der Waals surface area contributed by atoms with E-state index in [2.05, 4.69) is 15.6 Å². The van der Waals surface area contributed by atoms with Crippen molar-refractivity contribution in [1.29, 1.82) is 0 Å². The molecule has 1 aliphatic carbocycles. The lowest BCUT2D eigenvalue weighted by Crippen LogP contribution is -2.42. The van der Waals surface area contributed by atoms with Gasteiger partial charge >= 0.3 is 0 Å². The molecule has 0 radical (unpaired) electrons. The van der Waals surface area contributed by atoms with Gasteiger partial charge in [-0.25, -0.2) is 13.1 Å². The number of carbonyl (C=O) groups is 2. The molecule has 0 fully saturated rings. The van der Waals surface area contributed by atoms with Crippen LogP contribution >= 0.6 is 0 Å². The molecule has 0 saturated carbocycles. The van der Waals surface area contributed by atoms with E-state index in [4.69, 9.17) is 9.47 Å². The van der Waals surface area contributed by atoms with Gasteiger partial charge in [-0.2, -0.15) is 0 Å². The molecule has 0 atom stereocenters. The van der Waals surface area contributed by atoms with Crippen molar-refractivity contribution in [2.45, 2.75) is 37.0 Å². The van der Waals surface area contributed by atoms with E-state index in [-0.39, 0.29) is 23.4 Å². The van der Waals surface area contributed by atoms with Crippen LogP contribution in [0.1, 0.15) is 40.7 Å². The number of rotatable bonds is 8. The number of ether oxygens (including phenoxy) is 2. The Kier molecular flexibility index (Phi) is 7.70. The number of amides is 2. The summed E-state index contributed by atoms with van der Waals surface area (Å²) in [4.78, 5) is 24.4. The zero-order chi connectivity index (χ0) is 23.1. The van der Waals surface area contributed by atoms with Crippen LogP contribution in [0, 0.1) is 0 Å². The Hall–Kier alpha value is -3.11. The average Bonchev–Trinajstić information content (AvgIpc) is 2.81. The van der Waals surface area contributed by atoms with Gasteiger partial charge in [0.05, 0.1) is 19.1 Å². The van der Waals surface area contributed by atoms with E-state index < -0.39 is 21.8 Å². The van der Waals surface area contributed by atoms with Crippen LogP contribution in [0.25, 0.3) is 0 Å². The first-order valence-electron chi connectivity index (χ1n) is 10.3. The quantitative estimate of drug-likeness (QED) is 0.515. The Bertz CT molecular complexity index is 1100. The fourth-order valence-electron chi connectivity index (χ4n) is 3.50. The molecule has 0 spiro atoms. The van der Waals surface area contributed by atoms with E-state index in [9.17, 15) is 18.0 Å². The average molecular weight is 462 g/mol. The van der Waals surface area contributed by atoms with E-state index in [1.54, 1.807) is 18.2 Å². The predicted molar refractivity (Wildman–Crippen MR) is 118 cm³/mol. The summed E-state index contributed by atoms with van der Waals surface area (Å²) in [5.41, 5.74) is 7.08. The third kappa shape index (κ3) is 5.77. The molecule has 0 unspecified atom stereocenters. The van der Waals surface area contributed by atoms with E-state index in [1.807, 2.05) is 6.07 Å². The first-order valence-corrected chi connectivity index (χ1v) is 11.7. The molecule has 0 heterocycles. The highest BCUT2D eigenvalue weighted by Gasteiger charge is 2.18. The van der Waals surface area contributed by atoms with Gasteiger partial charge in [0.2, 0.25) is 15.9 Å². The normalized spacial score (nSPS) is 13.1. The maximum Gasteiger partial charge on any atom is 0.269 e. The highest BCUT2D eigenvalue weighted by Crippen LogP contribution is 2.27. The first kappa shape index (κ1) is 23.6. The van der Waals surface area contributed by atoms with Gasteiger partial charge < -0.3 is 9.47 Å². The van der Waals surface area contributed by atoms with Crippen LogP contribution in [0.3, 0.4) is 0 Å². The molecule has 2 aromatic rings. The van der Waals surface area contributed by atoms with Crippen LogP contribution in [0.2, 0.25) is 0 Å². The van der Waals surface area contributed by atoms with Crippen molar-refractivity contribution < 1.29 is 27.5 Å². The summed E-state index contributed by atoms with van der Waals surface area (Å²) in [6, 6.07) is 9.74. The van der Waals surface area contributed by atoms with E-state index >= 15 is 0 Å². The largest absolute Gasteiger partial charge is 0.493 e. The molecule has 10 heteroatoms. The van der Waals surface area contributed by atoms with Crippen LogP contribution in [0.5, 0.6) is 11.5 Å². The number of methoxy groups -OCH3 is 2. The van der Waals surface area contributed by atoms with Crippen LogP contribution < -0.4 is 25.0 Å². The number of nitrogens with one attached hydrogen (secondary N) is 3. The maximum absolute atomic E-state index is 12.5. The molecule has 0 saturated heterocycles. The minimum absolute atomic E-state index is 0.0997. The molecule has 2 aromatic carbocycles. The molecule has 1 aliphatic rings. The van der Waals surface area contributed by atoms with Crippen molar-refractivity contribution in [3.05, 3.63) is 53.1 Å². The fraction of sp³-hybridized carbons (Fsp3) is 0.364. The molecule has 172 valence electrons. The van der Waals surface area contributed by atoms with Crippen molar-refractivity contribution in [3.8, 4) is 11.5 Å². The summed E-state index contributed by atoms with van der Waals surface area (Å²) >= 11 is 0. The number of sulfonamides is 1. The lowest BCUT2D eigenvalue weighted by molar-refractivity contribution is -0.121. The van der Waals surface area contributed by atoms with Gasteiger partial charge in [0, 0.05) is 18.5 Å². The maximum atomic E-state index is 12.5. The second-order valence-corrected chi connectivity index (χ2v) is 9.12. The third-order valence-corrected chi connectivity index (χ3v) is 6.69. The molecule has 0 bridgehead atoms. The zero-order valence-electron chi connectivity index (χ0n) is 18.1. The van der Waals surface area contributed by atoms with Crippen LogP contribution in [0.4, 0.5) is 0 Å². The molecule has 32 heavy (non-hydrogen) atoms. The molecule has 3 rings (SSSR count). The topological polar surface area (TPSA) is 123 Å². The zero-order valence-corrected chi connectivity index (χ0v) is 18.9. The van der Waals surface area contributed by atoms with Gasteiger partial charge in [0.25, 0.3) is 5.91 Å². The van der Waals surface area contributed by atoms with Crippen molar-refractivity contribution in [2.24, 2.45) is 0 Å².